The second-order valence-corrected chi connectivity index (χ2v) is 11.9. The number of carbonyl (C=O) groups is 1. The lowest BCUT2D eigenvalue weighted by atomic mass is 9.77. The number of hydrogen-bond acceptors (Lipinski definition) is 3. The largest absolute Gasteiger partial charge is 0.460 e. The lowest BCUT2D eigenvalue weighted by molar-refractivity contribution is -0.440. The Bertz CT molecular complexity index is 1190. The Kier molecular flexibility index (Phi) is 7.96. The molecular weight excluding hydrogens is 456 g/mol. The number of benzene rings is 2. The van der Waals surface area contributed by atoms with Gasteiger partial charge in [-0.2, -0.15) is 4.58 Å². The number of anilines is 1. The van der Waals surface area contributed by atoms with Gasteiger partial charge in [0.1, 0.15) is 13.2 Å². The number of rotatable bonds is 11. The van der Waals surface area contributed by atoms with Gasteiger partial charge in [0.05, 0.1) is 12.0 Å². The van der Waals surface area contributed by atoms with Gasteiger partial charge in [-0.3, -0.25) is 0 Å². The smallest absolute Gasteiger partial charge is 0.333 e. The van der Waals surface area contributed by atoms with E-state index in [1.54, 1.807) is 12.6 Å². The van der Waals surface area contributed by atoms with Crippen LogP contribution in [-0.2, 0) is 20.4 Å². The summed E-state index contributed by atoms with van der Waals surface area (Å²) >= 11 is 0. The van der Waals surface area contributed by atoms with Crippen molar-refractivity contribution in [2.75, 3.05) is 24.6 Å². The second-order valence-electron chi connectivity index (χ2n) is 11.9. The van der Waals surface area contributed by atoms with Crippen LogP contribution in [0.15, 0.2) is 60.7 Å². The van der Waals surface area contributed by atoms with Gasteiger partial charge in [-0.15, -0.1) is 0 Å². The number of unbranched alkanes of at least 4 members (excludes halogenated alkanes) is 1. The first-order valence-corrected chi connectivity index (χ1v) is 14.0. The Morgan fingerprint density at radius 2 is 1.70 bits per heavy atom. The van der Waals surface area contributed by atoms with Crippen molar-refractivity contribution < 1.29 is 14.1 Å². The molecule has 4 heteroatoms. The fourth-order valence-electron chi connectivity index (χ4n) is 6.52. The molecule has 0 aromatic heterocycles. The van der Waals surface area contributed by atoms with Crippen molar-refractivity contribution in [1.82, 2.24) is 0 Å². The average Bonchev–Trinajstić information content (AvgIpc) is 3.22. The van der Waals surface area contributed by atoms with Crippen molar-refractivity contribution in [3.8, 4) is 0 Å². The first kappa shape index (κ1) is 27.2. The standard InChI is InChI=1S/C33H45N2O2/c1-8-9-21-34-27-17-12-10-15-25(27)32(4,5)29(34)19-14-20-30-33(6,7)26-16-11-13-18-28(26)35(30)22-23-37-31(36)24(2)3/h10-13,15-18,30H,2,8-9,14,19-23H2,1,3-7H3/q+1. The minimum absolute atomic E-state index is 0.0235. The second kappa shape index (κ2) is 10.8. The van der Waals surface area contributed by atoms with E-state index < -0.39 is 0 Å². The van der Waals surface area contributed by atoms with Crippen molar-refractivity contribution in [3.63, 3.8) is 0 Å². The molecule has 0 N–H and O–H groups in total. The Morgan fingerprint density at radius 1 is 1.03 bits per heavy atom. The maximum absolute atomic E-state index is 12.0. The highest BCUT2D eigenvalue weighted by atomic mass is 16.5. The van der Waals surface area contributed by atoms with Crippen molar-refractivity contribution in [2.45, 2.75) is 90.5 Å². The third kappa shape index (κ3) is 5.12. The summed E-state index contributed by atoms with van der Waals surface area (Å²) in [7, 11) is 0. The molecule has 1 unspecified atom stereocenters. The topological polar surface area (TPSA) is 32.5 Å². The molecule has 0 amide bonds. The summed E-state index contributed by atoms with van der Waals surface area (Å²) in [6.07, 6.45) is 5.71. The molecule has 2 heterocycles. The molecule has 0 saturated carbocycles. The molecule has 0 fully saturated rings. The summed E-state index contributed by atoms with van der Waals surface area (Å²) in [5, 5.41) is 0. The van der Waals surface area contributed by atoms with Crippen LogP contribution < -0.4 is 4.90 Å². The van der Waals surface area contributed by atoms with Gasteiger partial charge in [0.2, 0.25) is 5.69 Å². The summed E-state index contributed by atoms with van der Waals surface area (Å²) < 4.78 is 8.12. The highest BCUT2D eigenvalue weighted by molar-refractivity contribution is 5.95. The van der Waals surface area contributed by atoms with Crippen molar-refractivity contribution in [1.29, 1.82) is 0 Å². The summed E-state index contributed by atoms with van der Waals surface area (Å²) in [6.45, 7) is 19.4. The van der Waals surface area contributed by atoms with Gasteiger partial charge in [-0.05, 0) is 45.2 Å². The third-order valence-corrected chi connectivity index (χ3v) is 8.57. The number of carbonyl (C=O) groups excluding carboxylic acids is 1. The lowest BCUT2D eigenvalue weighted by Gasteiger charge is -2.35. The normalized spacial score (nSPS) is 19.1. The highest BCUT2D eigenvalue weighted by Crippen LogP contribution is 2.47. The Balaban J connectivity index is 1.53. The number of esters is 1. The number of ether oxygens (including phenoxy) is 1. The molecule has 2 aliphatic rings. The zero-order valence-corrected chi connectivity index (χ0v) is 23.8. The van der Waals surface area contributed by atoms with Crippen LogP contribution in [0.4, 0.5) is 11.4 Å². The van der Waals surface area contributed by atoms with Gasteiger partial charge in [0, 0.05) is 47.2 Å². The van der Waals surface area contributed by atoms with E-state index in [4.69, 9.17) is 4.74 Å². The third-order valence-electron chi connectivity index (χ3n) is 8.57. The Hall–Kier alpha value is -2.88. The molecule has 4 nitrogen and oxygen atoms in total. The molecule has 1 atom stereocenters. The van der Waals surface area contributed by atoms with E-state index >= 15 is 0 Å². The van der Waals surface area contributed by atoms with Crippen molar-refractivity contribution in [3.05, 3.63) is 71.8 Å². The lowest BCUT2D eigenvalue weighted by Crippen LogP contribution is -2.43. The molecular formula is C33H45N2O2+. The monoisotopic (exact) mass is 501 g/mol. The van der Waals surface area contributed by atoms with E-state index in [-0.39, 0.29) is 16.8 Å². The molecule has 0 aliphatic carbocycles. The molecule has 2 aliphatic heterocycles. The minimum Gasteiger partial charge on any atom is -0.460 e. The van der Waals surface area contributed by atoms with E-state index in [1.165, 1.54) is 35.3 Å². The fourth-order valence-corrected chi connectivity index (χ4v) is 6.52. The van der Waals surface area contributed by atoms with Crippen LogP contribution in [0.3, 0.4) is 0 Å². The van der Waals surface area contributed by atoms with Gasteiger partial charge in [0.25, 0.3) is 0 Å². The first-order chi connectivity index (χ1) is 17.6. The van der Waals surface area contributed by atoms with Gasteiger partial charge >= 0.3 is 5.97 Å². The summed E-state index contributed by atoms with van der Waals surface area (Å²) in [6, 6.07) is 18.1. The molecule has 0 radical (unpaired) electrons. The molecule has 37 heavy (non-hydrogen) atoms. The fraction of sp³-hybridized carbons (Fsp3) is 0.515. The van der Waals surface area contributed by atoms with E-state index in [9.17, 15) is 4.79 Å². The Labute approximate surface area is 224 Å². The minimum atomic E-state index is -0.310. The summed E-state index contributed by atoms with van der Waals surface area (Å²) in [5.74, 6) is -0.310. The maximum atomic E-state index is 12.0. The van der Waals surface area contributed by atoms with E-state index in [0.29, 0.717) is 24.8 Å². The zero-order valence-electron chi connectivity index (χ0n) is 23.8. The number of fused-ring (bicyclic) bond motifs is 2. The molecule has 0 spiro atoms. The SMILES string of the molecule is C=C(C)C(=O)OCCN1c2ccccc2C(C)(C)C1CCCC1=[N+](CCCC)c2ccccc2C1(C)C. The van der Waals surface area contributed by atoms with Crippen LogP contribution in [0.2, 0.25) is 0 Å². The van der Waals surface area contributed by atoms with Crippen molar-refractivity contribution >= 4 is 23.1 Å². The van der Waals surface area contributed by atoms with Crippen molar-refractivity contribution in [2.24, 2.45) is 0 Å². The summed E-state index contributed by atoms with van der Waals surface area (Å²) in [5.41, 5.74) is 7.58. The number of para-hydroxylation sites is 2. The van der Waals surface area contributed by atoms with Crippen LogP contribution in [0.1, 0.15) is 84.8 Å². The highest BCUT2D eigenvalue weighted by Gasteiger charge is 2.46. The molecule has 198 valence electrons. The van der Waals surface area contributed by atoms with Gasteiger partial charge < -0.3 is 9.64 Å². The maximum Gasteiger partial charge on any atom is 0.333 e. The molecule has 2 aromatic rings. The van der Waals surface area contributed by atoms with Crippen LogP contribution in [-0.4, -0.2) is 42.0 Å². The van der Waals surface area contributed by atoms with Gasteiger partial charge in [0.15, 0.2) is 5.71 Å². The molecule has 0 bridgehead atoms. The Morgan fingerprint density at radius 3 is 2.41 bits per heavy atom. The quantitative estimate of drug-likeness (QED) is 0.184. The number of nitrogens with zero attached hydrogens (tertiary/aromatic N) is 2. The van der Waals surface area contributed by atoms with E-state index in [0.717, 1.165) is 25.8 Å². The van der Waals surface area contributed by atoms with Crippen LogP contribution in [0, 0.1) is 0 Å². The number of hydrogen-bond donors (Lipinski definition) is 0. The average molecular weight is 502 g/mol. The summed E-state index contributed by atoms with van der Waals surface area (Å²) in [4.78, 5) is 14.5. The van der Waals surface area contributed by atoms with E-state index in [1.807, 2.05) is 0 Å². The van der Waals surface area contributed by atoms with E-state index in [2.05, 4.69) is 99.2 Å². The predicted octanol–water partition coefficient (Wildman–Crippen LogP) is 7.32. The predicted molar refractivity (Wildman–Crippen MR) is 154 cm³/mol. The molecule has 4 rings (SSSR count). The zero-order chi connectivity index (χ0) is 26.8. The van der Waals surface area contributed by atoms with Crippen LogP contribution >= 0.6 is 0 Å². The molecule has 0 saturated heterocycles. The van der Waals surface area contributed by atoms with Gasteiger partial charge in [-0.1, -0.05) is 70.2 Å². The molecule has 2 aromatic carbocycles. The van der Waals surface area contributed by atoms with Crippen LogP contribution in [0.5, 0.6) is 0 Å². The first-order valence-electron chi connectivity index (χ1n) is 14.0. The van der Waals surface area contributed by atoms with Gasteiger partial charge in [-0.25, -0.2) is 4.79 Å². The van der Waals surface area contributed by atoms with Crippen LogP contribution in [0.25, 0.3) is 0 Å².